The lowest BCUT2D eigenvalue weighted by Gasteiger charge is -2.15. The Balaban J connectivity index is 1.93. The van der Waals surface area contributed by atoms with Gasteiger partial charge in [0.2, 0.25) is 5.91 Å². The van der Waals surface area contributed by atoms with Crippen LogP contribution in [0.15, 0.2) is 24.3 Å². The van der Waals surface area contributed by atoms with Crippen molar-refractivity contribution >= 4 is 5.91 Å². The molecule has 80 valence electrons. The summed E-state index contributed by atoms with van der Waals surface area (Å²) < 4.78 is 13.3. The number of carbonyl (C=O) groups is 1. The zero-order valence-corrected chi connectivity index (χ0v) is 8.58. The van der Waals surface area contributed by atoms with E-state index in [1.807, 2.05) is 11.0 Å². The Morgan fingerprint density at radius 3 is 2.80 bits per heavy atom. The number of amides is 1. The van der Waals surface area contributed by atoms with Crippen LogP contribution >= 0.6 is 0 Å². The van der Waals surface area contributed by atoms with E-state index >= 15 is 0 Å². The van der Waals surface area contributed by atoms with Gasteiger partial charge in [0.1, 0.15) is 5.82 Å². The molecule has 0 saturated carbocycles. The average Bonchev–Trinajstić information content (AvgIpc) is 2.63. The molecule has 1 fully saturated rings. The van der Waals surface area contributed by atoms with Gasteiger partial charge in [-0.2, -0.15) is 0 Å². The van der Waals surface area contributed by atoms with E-state index in [4.69, 9.17) is 0 Å². The minimum Gasteiger partial charge on any atom is -0.342 e. The van der Waals surface area contributed by atoms with E-state index in [1.54, 1.807) is 12.1 Å². The fourth-order valence-electron chi connectivity index (χ4n) is 1.90. The molecule has 0 spiro atoms. The van der Waals surface area contributed by atoms with E-state index in [2.05, 4.69) is 0 Å². The Labute approximate surface area is 88.7 Å². The quantitative estimate of drug-likeness (QED) is 0.742. The molecule has 1 aliphatic rings. The minimum absolute atomic E-state index is 0.177. The third kappa shape index (κ3) is 2.35. The first kappa shape index (κ1) is 10.1. The minimum atomic E-state index is -0.177. The molecule has 1 aliphatic heterocycles. The van der Waals surface area contributed by atoms with Crippen LogP contribution in [-0.4, -0.2) is 23.9 Å². The Morgan fingerprint density at radius 2 is 2.13 bits per heavy atom. The summed E-state index contributed by atoms with van der Waals surface area (Å²) in [5.74, 6) is 0.0236. The Morgan fingerprint density at radius 1 is 1.33 bits per heavy atom. The molecule has 1 aromatic rings. The summed E-state index contributed by atoms with van der Waals surface area (Å²) in [7, 11) is 0. The monoisotopic (exact) mass is 207 g/mol. The Hall–Kier alpha value is -1.38. The molecular weight excluding hydrogens is 193 g/mol. The van der Waals surface area contributed by atoms with Gasteiger partial charge in [-0.05, 0) is 24.5 Å². The smallest absolute Gasteiger partial charge is 0.222 e. The molecule has 0 unspecified atom stereocenters. The highest BCUT2D eigenvalue weighted by molar-refractivity contribution is 5.78. The van der Waals surface area contributed by atoms with Gasteiger partial charge in [0.15, 0.2) is 0 Å². The first-order chi connectivity index (χ1) is 7.27. The van der Waals surface area contributed by atoms with E-state index in [0.29, 0.717) is 24.9 Å². The van der Waals surface area contributed by atoms with Crippen LogP contribution in [0.5, 0.6) is 0 Å². The summed E-state index contributed by atoms with van der Waals surface area (Å²) in [4.78, 5) is 13.1. The predicted molar refractivity (Wildman–Crippen MR) is 55.9 cm³/mol. The molecule has 0 aromatic heterocycles. The van der Waals surface area contributed by atoms with Crippen molar-refractivity contribution in [3.8, 4) is 0 Å². The number of halogens is 1. The molecule has 0 aliphatic carbocycles. The SMILES string of the molecule is O=C1CCCN1CCc1ccccc1F. The average molecular weight is 207 g/mol. The van der Waals surface area contributed by atoms with Gasteiger partial charge < -0.3 is 4.90 Å². The van der Waals surface area contributed by atoms with Crippen LogP contribution in [-0.2, 0) is 11.2 Å². The molecule has 0 bridgehead atoms. The van der Waals surface area contributed by atoms with Crippen molar-refractivity contribution < 1.29 is 9.18 Å². The number of hydrogen-bond donors (Lipinski definition) is 0. The number of carbonyl (C=O) groups excluding carboxylic acids is 1. The summed E-state index contributed by atoms with van der Waals surface area (Å²) in [6.07, 6.45) is 2.20. The van der Waals surface area contributed by atoms with Gasteiger partial charge in [-0.3, -0.25) is 4.79 Å². The maximum absolute atomic E-state index is 13.3. The summed E-state index contributed by atoms with van der Waals surface area (Å²) in [5.41, 5.74) is 0.692. The molecule has 2 rings (SSSR count). The number of hydrogen-bond acceptors (Lipinski definition) is 1. The van der Waals surface area contributed by atoms with Crippen molar-refractivity contribution in [1.82, 2.24) is 4.90 Å². The van der Waals surface area contributed by atoms with Crippen LogP contribution in [0.4, 0.5) is 4.39 Å². The van der Waals surface area contributed by atoms with Gasteiger partial charge in [0.25, 0.3) is 0 Å². The highest BCUT2D eigenvalue weighted by Crippen LogP contribution is 2.12. The van der Waals surface area contributed by atoms with E-state index in [9.17, 15) is 9.18 Å². The fourth-order valence-corrected chi connectivity index (χ4v) is 1.90. The maximum atomic E-state index is 13.3. The molecule has 2 nitrogen and oxygen atoms in total. The fraction of sp³-hybridized carbons (Fsp3) is 0.417. The first-order valence-electron chi connectivity index (χ1n) is 5.28. The molecule has 1 amide bonds. The summed E-state index contributed by atoms with van der Waals surface area (Å²) >= 11 is 0. The van der Waals surface area contributed by atoms with Crippen molar-refractivity contribution in [3.63, 3.8) is 0 Å². The van der Waals surface area contributed by atoms with Crippen LogP contribution in [0.3, 0.4) is 0 Å². The van der Waals surface area contributed by atoms with Crippen LogP contribution in [0.2, 0.25) is 0 Å². The molecule has 15 heavy (non-hydrogen) atoms. The van der Waals surface area contributed by atoms with E-state index < -0.39 is 0 Å². The van der Waals surface area contributed by atoms with Gasteiger partial charge in [0.05, 0.1) is 0 Å². The van der Waals surface area contributed by atoms with Gasteiger partial charge >= 0.3 is 0 Å². The maximum Gasteiger partial charge on any atom is 0.222 e. The molecule has 1 aromatic carbocycles. The Bertz CT molecular complexity index is 364. The van der Waals surface area contributed by atoms with Crippen molar-refractivity contribution in [2.24, 2.45) is 0 Å². The zero-order valence-electron chi connectivity index (χ0n) is 8.58. The molecule has 0 atom stereocenters. The molecule has 3 heteroatoms. The van der Waals surface area contributed by atoms with E-state index in [1.165, 1.54) is 6.07 Å². The molecule has 0 N–H and O–H groups in total. The van der Waals surface area contributed by atoms with Crippen LogP contribution in [0.1, 0.15) is 18.4 Å². The van der Waals surface area contributed by atoms with Crippen LogP contribution < -0.4 is 0 Å². The molecule has 0 radical (unpaired) electrons. The largest absolute Gasteiger partial charge is 0.342 e. The predicted octanol–water partition coefficient (Wildman–Crippen LogP) is 1.99. The lowest BCUT2D eigenvalue weighted by atomic mass is 10.1. The van der Waals surface area contributed by atoms with E-state index in [0.717, 1.165) is 13.0 Å². The van der Waals surface area contributed by atoms with Gasteiger partial charge in [-0.15, -0.1) is 0 Å². The van der Waals surface area contributed by atoms with Gasteiger partial charge in [-0.1, -0.05) is 18.2 Å². The van der Waals surface area contributed by atoms with Gasteiger partial charge in [0, 0.05) is 19.5 Å². The van der Waals surface area contributed by atoms with Crippen LogP contribution in [0.25, 0.3) is 0 Å². The summed E-state index contributed by atoms with van der Waals surface area (Å²) in [6, 6.07) is 6.74. The van der Waals surface area contributed by atoms with E-state index in [-0.39, 0.29) is 11.7 Å². The summed E-state index contributed by atoms with van der Waals surface area (Å²) in [6.45, 7) is 1.47. The van der Waals surface area contributed by atoms with Crippen LogP contribution in [0, 0.1) is 5.82 Å². The first-order valence-corrected chi connectivity index (χ1v) is 5.28. The normalized spacial score (nSPS) is 16.1. The van der Waals surface area contributed by atoms with Gasteiger partial charge in [-0.25, -0.2) is 4.39 Å². The van der Waals surface area contributed by atoms with Crippen molar-refractivity contribution in [3.05, 3.63) is 35.6 Å². The highest BCUT2D eigenvalue weighted by Gasteiger charge is 2.19. The van der Waals surface area contributed by atoms with Crippen molar-refractivity contribution in [1.29, 1.82) is 0 Å². The third-order valence-corrected chi connectivity index (χ3v) is 2.78. The second kappa shape index (κ2) is 4.43. The Kier molecular flexibility index (Phi) is 2.99. The number of benzene rings is 1. The zero-order chi connectivity index (χ0) is 10.7. The second-order valence-corrected chi connectivity index (χ2v) is 3.83. The molecular formula is C12H14FNO. The van der Waals surface area contributed by atoms with Crippen molar-refractivity contribution in [2.45, 2.75) is 19.3 Å². The number of nitrogens with zero attached hydrogens (tertiary/aromatic N) is 1. The summed E-state index contributed by atoms with van der Waals surface area (Å²) in [5, 5.41) is 0. The number of likely N-dealkylation sites (tertiary alicyclic amines) is 1. The van der Waals surface area contributed by atoms with Crippen molar-refractivity contribution in [2.75, 3.05) is 13.1 Å². The number of rotatable bonds is 3. The topological polar surface area (TPSA) is 20.3 Å². The lowest BCUT2D eigenvalue weighted by Crippen LogP contribution is -2.27. The lowest BCUT2D eigenvalue weighted by molar-refractivity contribution is -0.127. The molecule has 1 heterocycles. The molecule has 1 saturated heterocycles. The second-order valence-electron chi connectivity index (χ2n) is 3.83. The third-order valence-electron chi connectivity index (χ3n) is 2.78. The highest BCUT2D eigenvalue weighted by atomic mass is 19.1. The standard InChI is InChI=1S/C12H14FNO/c13-11-5-2-1-4-10(11)7-9-14-8-3-6-12(14)15/h1-2,4-5H,3,6-9H2.